The molecule has 4 heteroatoms. The summed E-state index contributed by atoms with van der Waals surface area (Å²) in [5, 5.41) is 0. The quantitative estimate of drug-likeness (QED) is 0.308. The first-order chi connectivity index (χ1) is 0. The Bertz CT molecular complexity index is 8.00. The van der Waals surface area contributed by atoms with E-state index in [1.54, 1.807) is 0 Å². The zero-order valence-electron chi connectivity index (χ0n) is 1.36. The average molecular weight is 572 g/mol. The smallest absolute Gasteiger partial charge is 0 e. The summed E-state index contributed by atoms with van der Waals surface area (Å²) in [6, 6.07) is 0. The second kappa shape index (κ2) is 16.2. The third-order valence-corrected chi connectivity index (χ3v) is 0. The van der Waals surface area contributed by atoms with Crippen molar-refractivity contribution in [2.24, 2.45) is 0 Å². The van der Waals surface area contributed by atoms with Gasteiger partial charge in [0.05, 0.1) is 0 Å². The average Bonchev–Trinajstić information content (AvgIpc) is 0. The first-order valence-corrected chi connectivity index (χ1v) is 0. The summed E-state index contributed by atoms with van der Waals surface area (Å²) in [6.45, 7) is 0. The van der Waals surface area contributed by atoms with Crippen molar-refractivity contribution in [3.05, 3.63) is 0 Å². The van der Waals surface area contributed by atoms with Crippen LogP contribution in [0.3, 0.4) is 0 Å². The van der Waals surface area contributed by atoms with E-state index in [-0.39, 0.29) is 108 Å². The first kappa shape index (κ1) is 26.5. The van der Waals surface area contributed by atoms with Crippen LogP contribution in [0.2, 0.25) is 0 Å². The molecule has 0 rings (SSSR count). The van der Waals surface area contributed by atoms with E-state index in [0.29, 0.717) is 0 Å². The second-order valence-electron chi connectivity index (χ2n) is 0. The van der Waals surface area contributed by atoms with Crippen LogP contribution in [0.25, 0.3) is 0 Å². The third kappa shape index (κ3) is 9.01. The van der Waals surface area contributed by atoms with E-state index in [4.69, 9.17) is 0 Å². The van der Waals surface area contributed by atoms with Gasteiger partial charge in [0.2, 0.25) is 0 Å². The Morgan fingerprint density at radius 3 is 1.00 bits per heavy atom. The molecule has 0 bridgehead atoms. The van der Waals surface area contributed by atoms with Gasteiger partial charge in [0, 0.05) is 59.0 Å². The molecule has 0 aliphatic heterocycles. The molecule has 1 nitrogen and oxygen atoms in total. The monoisotopic (exact) mass is 573 g/mol. The van der Waals surface area contributed by atoms with E-state index in [0.717, 1.165) is 0 Å². The van der Waals surface area contributed by atoms with Gasteiger partial charge in [0.1, 0.15) is 0 Å². The van der Waals surface area contributed by atoms with Crippen molar-refractivity contribution in [3.8, 4) is 0 Å². The largest absolute Gasteiger partial charge is 0 e. The Morgan fingerprint density at radius 2 is 1.00 bits per heavy atom. The van der Waals surface area contributed by atoms with Crippen LogP contribution in [0.5, 0.6) is 0 Å². The standard InChI is InChI=1S/Ba.Bi.O.Pb.2H. The summed E-state index contributed by atoms with van der Waals surface area (Å²) in [4.78, 5) is 0. The van der Waals surface area contributed by atoms with Crippen molar-refractivity contribution < 1.29 is 5.48 Å². The number of hydrogen-bond donors (Lipinski definition) is 0. The van der Waals surface area contributed by atoms with E-state index >= 15 is 0 Å². The van der Waals surface area contributed by atoms with Crippen LogP contribution in [0.4, 0.5) is 0 Å². The number of rotatable bonds is 0. The Labute approximate surface area is 105 Å². The molecule has 19 valence electrons. The predicted molar refractivity (Wildman–Crippen MR) is 20.7 cm³/mol. The fourth-order valence-corrected chi connectivity index (χ4v) is 0. The minimum atomic E-state index is 0. The van der Waals surface area contributed by atoms with E-state index in [1.165, 1.54) is 0 Å². The van der Waals surface area contributed by atoms with Gasteiger partial charge in [0.15, 0.2) is 0 Å². The van der Waals surface area contributed by atoms with Crippen LogP contribution in [0.1, 0.15) is 0 Å². The Morgan fingerprint density at radius 1 is 1.00 bits per heavy atom. The van der Waals surface area contributed by atoms with Gasteiger partial charge in [0.25, 0.3) is 0 Å². The van der Waals surface area contributed by atoms with Gasteiger partial charge in [-0.1, -0.05) is 0 Å². The molecule has 0 amide bonds. The van der Waals surface area contributed by atoms with Crippen LogP contribution < -0.4 is 0 Å². The van der Waals surface area contributed by atoms with Gasteiger partial charge in [-0.3, -0.25) is 0 Å². The molecule has 4 heavy (non-hydrogen) atoms. The van der Waals surface area contributed by atoms with Crippen molar-refractivity contribution in [1.82, 2.24) is 0 Å². The van der Waals surface area contributed by atoms with E-state index in [9.17, 15) is 0 Å². The van der Waals surface area contributed by atoms with E-state index in [2.05, 4.69) is 0 Å². The topological polar surface area (TPSA) is 28.5 Å². The molecule has 0 heterocycles. The molecule has 0 saturated carbocycles. The first-order valence-electron chi connectivity index (χ1n) is 0. The maximum absolute atomic E-state index is 0. The summed E-state index contributed by atoms with van der Waals surface area (Å²) in [6.07, 6.45) is 0. The Kier molecular flexibility index (Phi) is 107. The van der Waals surface area contributed by atoms with Crippen LogP contribution >= 0.6 is 0 Å². The van der Waals surface area contributed by atoms with Crippen LogP contribution in [0, 0.1) is 0 Å². The van der Waals surface area contributed by atoms with Crippen molar-refractivity contribution in [3.63, 3.8) is 0 Å². The fraction of sp³-hybridized carbons (Fsp3) is 0. The normalized spacial score (nSPS) is 0. The molecule has 0 aliphatic rings. The second-order valence-corrected chi connectivity index (χ2v) is 0. The number of hydrogen-bond acceptors (Lipinski definition) is 0. The molecular formula is H2BaBiOPb. The van der Waals surface area contributed by atoms with E-state index in [1.807, 2.05) is 0 Å². The van der Waals surface area contributed by atoms with Gasteiger partial charge in [-0.15, -0.1) is 0 Å². The van der Waals surface area contributed by atoms with Gasteiger partial charge < -0.3 is 0 Å². The summed E-state index contributed by atoms with van der Waals surface area (Å²) in [5.41, 5.74) is 0. The van der Waals surface area contributed by atoms with Gasteiger partial charge >= 0.3 is 48.9 Å². The maximum Gasteiger partial charge on any atom is 0 e. The molecule has 0 unspecified atom stereocenters. The van der Waals surface area contributed by atoms with E-state index < -0.39 is 0 Å². The van der Waals surface area contributed by atoms with Crippen molar-refractivity contribution in [1.29, 1.82) is 0 Å². The molecule has 0 aliphatic carbocycles. The fourth-order valence-electron chi connectivity index (χ4n) is 0. The molecule has 0 fully saturated rings. The molecule has 0 atom stereocenters. The molecule has 0 aromatic carbocycles. The Hall–Kier alpha value is 3.34. The minimum absolute atomic E-state index is 0. The van der Waals surface area contributed by atoms with Gasteiger partial charge in [-0.2, -0.15) is 0 Å². The zero-order valence-corrected chi connectivity index (χ0v) is 8.72. The van der Waals surface area contributed by atoms with Crippen molar-refractivity contribution >= 4 is 102 Å². The van der Waals surface area contributed by atoms with Crippen LogP contribution in [-0.4, -0.2) is 102 Å². The molecule has 0 aromatic heterocycles. The molecule has 0 saturated heterocycles. The SMILES string of the molecule is [BaH2].[Bi].[O].[Pb]. The van der Waals surface area contributed by atoms with Crippen LogP contribution in [0.15, 0.2) is 0 Å². The molecule has 9 radical (unpaired) electrons. The van der Waals surface area contributed by atoms with Crippen molar-refractivity contribution in [2.75, 3.05) is 0 Å². The third-order valence-electron chi connectivity index (χ3n) is 0. The molecule has 0 aromatic rings. The van der Waals surface area contributed by atoms with Crippen molar-refractivity contribution in [2.45, 2.75) is 0 Å². The summed E-state index contributed by atoms with van der Waals surface area (Å²) >= 11 is 0. The molecule has 0 spiro atoms. The minimum Gasteiger partial charge on any atom is 0 e. The Balaban J connectivity index is 0. The van der Waals surface area contributed by atoms with Crippen LogP contribution in [-0.2, 0) is 5.48 Å². The predicted octanol–water partition coefficient (Wildman–Crippen LogP) is -1.80. The maximum atomic E-state index is 0. The van der Waals surface area contributed by atoms with Gasteiger partial charge in [-0.05, 0) is 0 Å². The molecule has 0 N–H and O–H groups in total. The molecular weight excluding hydrogens is 570 g/mol. The van der Waals surface area contributed by atoms with Gasteiger partial charge in [-0.25, -0.2) is 0 Å². The summed E-state index contributed by atoms with van der Waals surface area (Å²) < 4.78 is 0. The summed E-state index contributed by atoms with van der Waals surface area (Å²) in [7, 11) is 0. The zero-order chi connectivity index (χ0) is 0. The summed E-state index contributed by atoms with van der Waals surface area (Å²) in [5.74, 6) is 0.